The fourth-order valence-corrected chi connectivity index (χ4v) is 6.13. The van der Waals surface area contributed by atoms with Crippen molar-refractivity contribution in [2.24, 2.45) is 17.8 Å². The van der Waals surface area contributed by atoms with Gasteiger partial charge in [0.1, 0.15) is 6.10 Å². The van der Waals surface area contributed by atoms with Crippen LogP contribution in [0.25, 0.3) is 10.9 Å². The van der Waals surface area contributed by atoms with Crippen LogP contribution in [-0.4, -0.2) is 48.1 Å². The van der Waals surface area contributed by atoms with E-state index in [9.17, 15) is 9.59 Å². The maximum atomic E-state index is 12.7. The van der Waals surface area contributed by atoms with Crippen LogP contribution in [0.4, 0.5) is 0 Å². The monoisotopic (exact) mass is 396 g/mol. The SMILES string of the molecule is COC(=O)[C@@H]1[C@@H]2C[C@H]3c4[nH]c5ccccc5c4CCN3C[C@@H]2CC[C@@H]1OC(C)=O. The Labute approximate surface area is 170 Å². The van der Waals surface area contributed by atoms with Crippen molar-refractivity contribution >= 4 is 22.8 Å². The summed E-state index contributed by atoms with van der Waals surface area (Å²) >= 11 is 0. The Kier molecular flexibility index (Phi) is 4.62. The summed E-state index contributed by atoms with van der Waals surface area (Å²) in [5.74, 6) is -0.339. The smallest absolute Gasteiger partial charge is 0.312 e. The molecule has 5 atom stereocenters. The number of carbonyl (C=O) groups is 2. The summed E-state index contributed by atoms with van der Waals surface area (Å²) < 4.78 is 10.7. The second-order valence-corrected chi connectivity index (χ2v) is 8.76. The van der Waals surface area contributed by atoms with Crippen LogP contribution in [0.15, 0.2) is 24.3 Å². The number of fused-ring (bicyclic) bond motifs is 6. The van der Waals surface area contributed by atoms with Crippen LogP contribution < -0.4 is 0 Å². The predicted molar refractivity (Wildman–Crippen MR) is 108 cm³/mol. The first-order chi connectivity index (χ1) is 14.1. The summed E-state index contributed by atoms with van der Waals surface area (Å²) in [6, 6.07) is 8.77. The van der Waals surface area contributed by atoms with Crippen molar-refractivity contribution in [3.63, 3.8) is 0 Å². The van der Waals surface area contributed by atoms with Crippen LogP contribution in [0.2, 0.25) is 0 Å². The van der Waals surface area contributed by atoms with Crippen LogP contribution in [-0.2, 0) is 25.5 Å². The third-order valence-corrected chi connectivity index (χ3v) is 7.31. The van der Waals surface area contributed by atoms with E-state index in [-0.39, 0.29) is 35.9 Å². The average molecular weight is 396 g/mol. The lowest BCUT2D eigenvalue weighted by atomic mass is 9.64. The van der Waals surface area contributed by atoms with Crippen molar-refractivity contribution in [1.29, 1.82) is 0 Å². The van der Waals surface area contributed by atoms with Gasteiger partial charge in [0.05, 0.1) is 19.1 Å². The summed E-state index contributed by atoms with van der Waals surface area (Å²) in [7, 11) is 1.43. The zero-order valence-corrected chi connectivity index (χ0v) is 17.0. The standard InChI is InChI=1S/C23H28N2O4/c1-13(26)29-20-8-7-14-12-25-10-9-16-15-5-3-4-6-18(15)24-22(16)19(25)11-17(14)21(20)23(27)28-2/h3-6,14,17,19-21,24H,7-12H2,1-2H3/t14-,17+,19-,20-,21+/m0/s1. The lowest BCUT2D eigenvalue weighted by Gasteiger charge is -2.51. The Morgan fingerprint density at radius 1 is 1.21 bits per heavy atom. The Bertz CT molecular complexity index is 952. The molecule has 5 rings (SSSR count). The molecule has 1 aromatic heterocycles. The number of esters is 2. The number of ether oxygens (including phenoxy) is 2. The Hall–Kier alpha value is -2.34. The van der Waals surface area contributed by atoms with E-state index in [0.717, 1.165) is 38.8 Å². The van der Waals surface area contributed by atoms with Gasteiger partial charge in [-0.05, 0) is 49.1 Å². The third-order valence-electron chi connectivity index (χ3n) is 7.31. The van der Waals surface area contributed by atoms with Gasteiger partial charge in [-0.1, -0.05) is 18.2 Å². The number of piperidine rings is 1. The van der Waals surface area contributed by atoms with Crippen LogP contribution in [0.3, 0.4) is 0 Å². The summed E-state index contributed by atoms with van der Waals surface area (Å²) in [5.41, 5.74) is 3.91. The van der Waals surface area contributed by atoms with E-state index in [1.165, 1.54) is 36.2 Å². The van der Waals surface area contributed by atoms with Crippen molar-refractivity contribution in [1.82, 2.24) is 9.88 Å². The van der Waals surface area contributed by atoms with Crippen LogP contribution in [0.1, 0.15) is 43.5 Å². The van der Waals surface area contributed by atoms with E-state index in [4.69, 9.17) is 9.47 Å². The minimum absolute atomic E-state index is 0.166. The van der Waals surface area contributed by atoms with Gasteiger partial charge in [0, 0.05) is 36.6 Å². The highest BCUT2D eigenvalue weighted by Crippen LogP contribution is 2.49. The van der Waals surface area contributed by atoms with Gasteiger partial charge in [0.25, 0.3) is 0 Å². The highest BCUT2D eigenvalue weighted by molar-refractivity contribution is 5.85. The Balaban J connectivity index is 1.50. The highest BCUT2D eigenvalue weighted by Gasteiger charge is 2.51. The van der Waals surface area contributed by atoms with Gasteiger partial charge in [0.2, 0.25) is 0 Å². The number of nitrogens with one attached hydrogen (secondary N) is 1. The lowest BCUT2D eigenvalue weighted by molar-refractivity contribution is -0.171. The molecule has 2 fully saturated rings. The van der Waals surface area contributed by atoms with Crippen LogP contribution in [0.5, 0.6) is 0 Å². The van der Waals surface area contributed by atoms with E-state index >= 15 is 0 Å². The molecule has 1 N–H and O–H groups in total. The van der Waals surface area contributed by atoms with Gasteiger partial charge in [-0.15, -0.1) is 0 Å². The second-order valence-electron chi connectivity index (χ2n) is 8.76. The fraction of sp³-hybridized carbons (Fsp3) is 0.565. The number of hydrogen-bond donors (Lipinski definition) is 1. The first kappa shape index (κ1) is 18.7. The fourth-order valence-electron chi connectivity index (χ4n) is 6.13. The number of aromatic nitrogens is 1. The third kappa shape index (κ3) is 3.05. The molecular weight excluding hydrogens is 368 g/mol. The van der Waals surface area contributed by atoms with Crippen LogP contribution in [0, 0.1) is 17.8 Å². The molecule has 29 heavy (non-hydrogen) atoms. The summed E-state index contributed by atoms with van der Waals surface area (Å²) in [4.78, 5) is 30.6. The normalized spacial score (nSPS) is 31.4. The second kappa shape index (κ2) is 7.17. The van der Waals surface area contributed by atoms with E-state index < -0.39 is 0 Å². The number of carbonyl (C=O) groups excluding carboxylic acids is 2. The summed E-state index contributed by atoms with van der Waals surface area (Å²) in [6.45, 7) is 3.46. The Morgan fingerprint density at radius 2 is 2.03 bits per heavy atom. The first-order valence-electron chi connectivity index (χ1n) is 10.7. The molecule has 6 heteroatoms. The molecule has 0 bridgehead atoms. The minimum atomic E-state index is -0.376. The van der Waals surface area contributed by atoms with E-state index in [2.05, 4.69) is 34.1 Å². The molecule has 3 heterocycles. The maximum Gasteiger partial charge on any atom is 0.312 e. The van der Waals surface area contributed by atoms with Crippen molar-refractivity contribution in [2.75, 3.05) is 20.2 Å². The van der Waals surface area contributed by atoms with Gasteiger partial charge < -0.3 is 14.5 Å². The Morgan fingerprint density at radius 3 is 2.83 bits per heavy atom. The van der Waals surface area contributed by atoms with Gasteiger partial charge >= 0.3 is 11.9 Å². The van der Waals surface area contributed by atoms with Crippen LogP contribution >= 0.6 is 0 Å². The molecular formula is C23H28N2O4. The molecule has 1 saturated heterocycles. The van der Waals surface area contributed by atoms with Gasteiger partial charge in [-0.3, -0.25) is 14.5 Å². The molecule has 2 aromatic rings. The van der Waals surface area contributed by atoms with Crippen molar-refractivity contribution < 1.29 is 19.1 Å². The predicted octanol–water partition coefficient (Wildman–Crippen LogP) is 3.22. The van der Waals surface area contributed by atoms with Crippen molar-refractivity contribution in [3.05, 3.63) is 35.5 Å². The summed E-state index contributed by atoms with van der Waals surface area (Å²) in [6.07, 6.45) is 3.29. The number of rotatable bonds is 2. The first-order valence-corrected chi connectivity index (χ1v) is 10.7. The maximum absolute atomic E-state index is 12.7. The molecule has 0 radical (unpaired) electrons. The van der Waals surface area contributed by atoms with E-state index in [0.29, 0.717) is 5.92 Å². The highest BCUT2D eigenvalue weighted by atomic mass is 16.6. The zero-order valence-electron chi connectivity index (χ0n) is 17.0. The topological polar surface area (TPSA) is 71.6 Å². The number of methoxy groups -OCH3 is 1. The lowest BCUT2D eigenvalue weighted by Crippen LogP contribution is -2.54. The number of benzene rings is 1. The molecule has 1 aliphatic carbocycles. The number of para-hydroxylation sites is 1. The van der Waals surface area contributed by atoms with Gasteiger partial charge in [-0.25, -0.2) is 0 Å². The van der Waals surface area contributed by atoms with Crippen molar-refractivity contribution in [3.8, 4) is 0 Å². The molecule has 1 saturated carbocycles. The number of hydrogen-bond acceptors (Lipinski definition) is 5. The molecule has 1 aromatic carbocycles. The van der Waals surface area contributed by atoms with E-state index in [1.807, 2.05) is 0 Å². The van der Waals surface area contributed by atoms with Gasteiger partial charge in [-0.2, -0.15) is 0 Å². The van der Waals surface area contributed by atoms with Gasteiger partial charge in [0.15, 0.2) is 0 Å². The summed E-state index contributed by atoms with van der Waals surface area (Å²) in [5, 5.41) is 1.32. The molecule has 6 nitrogen and oxygen atoms in total. The largest absolute Gasteiger partial charge is 0.469 e. The molecule has 0 amide bonds. The minimum Gasteiger partial charge on any atom is -0.469 e. The molecule has 3 aliphatic rings. The number of nitrogens with zero attached hydrogens (tertiary/aromatic N) is 1. The van der Waals surface area contributed by atoms with Crippen molar-refractivity contribution in [2.45, 2.75) is 44.8 Å². The quantitative estimate of drug-likeness (QED) is 0.789. The van der Waals surface area contributed by atoms with E-state index in [1.54, 1.807) is 0 Å². The molecule has 154 valence electrons. The molecule has 0 spiro atoms. The average Bonchev–Trinajstić information content (AvgIpc) is 3.10. The number of aromatic amines is 1. The zero-order chi connectivity index (χ0) is 20.1. The molecule has 0 unspecified atom stereocenters. The molecule has 2 aliphatic heterocycles. The number of H-pyrrole nitrogens is 1.